The fourth-order valence-electron chi connectivity index (χ4n) is 8.13. The van der Waals surface area contributed by atoms with E-state index in [9.17, 15) is 0 Å². The maximum absolute atomic E-state index is 2.43. The van der Waals surface area contributed by atoms with Crippen molar-refractivity contribution < 1.29 is 0 Å². The van der Waals surface area contributed by atoms with Crippen LogP contribution in [0.4, 0.5) is 0 Å². The molecule has 0 atom stereocenters. The van der Waals surface area contributed by atoms with Crippen LogP contribution < -0.4 is 0 Å². The van der Waals surface area contributed by atoms with E-state index in [2.05, 4.69) is 206 Å². The number of benzene rings is 10. The zero-order chi connectivity index (χ0) is 34.4. The molecule has 0 amide bonds. The first-order valence-electron chi connectivity index (χ1n) is 18.0. The van der Waals surface area contributed by atoms with Gasteiger partial charge in [0, 0.05) is 0 Å². The second kappa shape index (κ2) is 12.5. The minimum atomic E-state index is 1.20. The van der Waals surface area contributed by atoms with Crippen LogP contribution in [0.3, 0.4) is 0 Å². The molecule has 242 valence electrons. The van der Waals surface area contributed by atoms with E-state index in [0.29, 0.717) is 0 Å². The molecule has 0 heteroatoms. The summed E-state index contributed by atoms with van der Waals surface area (Å²) in [7, 11) is 0. The molecule has 10 aromatic carbocycles. The van der Waals surface area contributed by atoms with Crippen LogP contribution in [0.5, 0.6) is 0 Å². The van der Waals surface area contributed by atoms with Gasteiger partial charge in [-0.1, -0.05) is 182 Å². The Bertz CT molecular complexity index is 2940. The van der Waals surface area contributed by atoms with Crippen LogP contribution in [-0.2, 0) is 0 Å². The maximum atomic E-state index is 2.43. The highest BCUT2D eigenvalue weighted by atomic mass is 14.2. The third-order valence-corrected chi connectivity index (χ3v) is 10.6. The van der Waals surface area contributed by atoms with E-state index in [1.807, 2.05) is 0 Å². The molecule has 0 aliphatic heterocycles. The van der Waals surface area contributed by atoms with E-state index in [0.717, 1.165) is 0 Å². The Hall–Kier alpha value is -6.76. The summed E-state index contributed by atoms with van der Waals surface area (Å²) in [4.78, 5) is 0. The van der Waals surface area contributed by atoms with Crippen LogP contribution in [0.15, 0.2) is 206 Å². The highest BCUT2D eigenvalue weighted by Gasteiger charge is 2.19. The molecule has 52 heavy (non-hydrogen) atoms. The van der Waals surface area contributed by atoms with Gasteiger partial charge in [0.1, 0.15) is 0 Å². The van der Waals surface area contributed by atoms with Crippen molar-refractivity contribution in [1.29, 1.82) is 0 Å². The van der Waals surface area contributed by atoms with Crippen molar-refractivity contribution in [2.45, 2.75) is 0 Å². The van der Waals surface area contributed by atoms with E-state index in [-0.39, 0.29) is 0 Å². The van der Waals surface area contributed by atoms with Crippen molar-refractivity contribution in [3.05, 3.63) is 206 Å². The predicted octanol–water partition coefficient (Wildman–Crippen LogP) is 14.6. The average Bonchev–Trinajstić information content (AvgIpc) is 3.22. The summed E-state index contributed by atoms with van der Waals surface area (Å²) in [6.45, 7) is 0. The maximum Gasteiger partial charge on any atom is -0.00201 e. The third kappa shape index (κ3) is 5.16. The van der Waals surface area contributed by atoms with Crippen molar-refractivity contribution in [2.75, 3.05) is 0 Å². The average molecular weight is 659 g/mol. The second-order valence-electron chi connectivity index (χ2n) is 13.7. The molecule has 0 aromatic heterocycles. The molecule has 0 radical (unpaired) electrons. The SMILES string of the molecule is c1ccc(-c2cccc(-c3ccc4c(-c5cccc6ccccc56)c5ccccc5c(-c5cccc(-c6ccc7ccccc7c6)c5)c4c3)c2)cc1. The molecule has 0 bridgehead atoms. The predicted molar refractivity (Wildman–Crippen MR) is 224 cm³/mol. The van der Waals surface area contributed by atoms with Crippen molar-refractivity contribution in [2.24, 2.45) is 0 Å². The Morgan fingerprint density at radius 3 is 1.46 bits per heavy atom. The molecule has 10 aromatic rings. The highest BCUT2D eigenvalue weighted by molar-refractivity contribution is 6.24. The van der Waals surface area contributed by atoms with Gasteiger partial charge < -0.3 is 0 Å². The Kier molecular flexibility index (Phi) is 7.25. The van der Waals surface area contributed by atoms with E-state index < -0.39 is 0 Å². The summed E-state index contributed by atoms with van der Waals surface area (Å²) in [6, 6.07) is 75.7. The quantitative estimate of drug-likeness (QED) is 0.161. The zero-order valence-electron chi connectivity index (χ0n) is 28.6. The van der Waals surface area contributed by atoms with E-state index in [1.54, 1.807) is 0 Å². The first kappa shape index (κ1) is 30.1. The molecule has 0 nitrogen and oxygen atoms in total. The van der Waals surface area contributed by atoms with Gasteiger partial charge in [-0.05, 0) is 123 Å². The van der Waals surface area contributed by atoms with Crippen molar-refractivity contribution in [3.8, 4) is 55.6 Å². The lowest BCUT2D eigenvalue weighted by molar-refractivity contribution is 1.60. The molecular weight excluding hydrogens is 625 g/mol. The molecule has 0 aliphatic carbocycles. The minimum absolute atomic E-state index is 1.20. The van der Waals surface area contributed by atoms with Gasteiger partial charge in [0.25, 0.3) is 0 Å². The molecular formula is C52H34. The first-order valence-corrected chi connectivity index (χ1v) is 18.0. The van der Waals surface area contributed by atoms with Gasteiger partial charge in [-0.3, -0.25) is 0 Å². The van der Waals surface area contributed by atoms with Crippen LogP contribution in [-0.4, -0.2) is 0 Å². The number of rotatable bonds is 5. The lowest BCUT2D eigenvalue weighted by atomic mass is 9.83. The molecule has 0 N–H and O–H groups in total. The van der Waals surface area contributed by atoms with Crippen molar-refractivity contribution >= 4 is 43.1 Å². The van der Waals surface area contributed by atoms with Crippen LogP contribution in [0.2, 0.25) is 0 Å². The number of hydrogen-bond donors (Lipinski definition) is 0. The Labute approximate surface area is 303 Å². The summed E-state index contributed by atoms with van der Waals surface area (Å²) in [6.07, 6.45) is 0. The summed E-state index contributed by atoms with van der Waals surface area (Å²) in [5.74, 6) is 0. The van der Waals surface area contributed by atoms with E-state index in [4.69, 9.17) is 0 Å². The molecule has 0 heterocycles. The molecule has 0 spiro atoms. The fraction of sp³-hybridized carbons (Fsp3) is 0. The highest BCUT2D eigenvalue weighted by Crippen LogP contribution is 2.47. The summed E-state index contributed by atoms with van der Waals surface area (Å²) in [5, 5.41) is 10.0. The molecule has 0 aliphatic rings. The Balaban J connectivity index is 1.26. The van der Waals surface area contributed by atoms with Crippen LogP contribution in [0.1, 0.15) is 0 Å². The summed E-state index contributed by atoms with van der Waals surface area (Å²) >= 11 is 0. The normalized spacial score (nSPS) is 11.5. The molecule has 0 saturated carbocycles. The van der Waals surface area contributed by atoms with Gasteiger partial charge in [-0.2, -0.15) is 0 Å². The summed E-state index contributed by atoms with van der Waals surface area (Å²) < 4.78 is 0. The van der Waals surface area contributed by atoms with Gasteiger partial charge >= 0.3 is 0 Å². The minimum Gasteiger partial charge on any atom is -0.0622 e. The van der Waals surface area contributed by atoms with Crippen LogP contribution in [0, 0.1) is 0 Å². The lowest BCUT2D eigenvalue weighted by Crippen LogP contribution is -1.93. The fourth-order valence-corrected chi connectivity index (χ4v) is 8.13. The van der Waals surface area contributed by atoms with Crippen molar-refractivity contribution in [3.63, 3.8) is 0 Å². The van der Waals surface area contributed by atoms with Crippen molar-refractivity contribution in [1.82, 2.24) is 0 Å². The monoisotopic (exact) mass is 658 g/mol. The lowest BCUT2D eigenvalue weighted by Gasteiger charge is -2.20. The number of fused-ring (bicyclic) bond motifs is 4. The Morgan fingerprint density at radius 1 is 0.192 bits per heavy atom. The van der Waals surface area contributed by atoms with Gasteiger partial charge in [0.05, 0.1) is 0 Å². The van der Waals surface area contributed by atoms with E-state index >= 15 is 0 Å². The molecule has 0 unspecified atom stereocenters. The Morgan fingerprint density at radius 2 is 0.673 bits per heavy atom. The standard InChI is InChI=1S/C52H34/c1-2-13-35(14-3-1)39-19-10-20-40(31-39)43-29-30-49-50(34-43)51(44-22-11-21-41(33-44)42-28-27-36-15-4-5-17-38(36)32-42)47-24-8-9-25-48(47)52(49)46-26-12-18-37-16-6-7-23-45(37)46/h1-34H. The van der Waals surface area contributed by atoms with Gasteiger partial charge in [0.2, 0.25) is 0 Å². The van der Waals surface area contributed by atoms with Crippen LogP contribution >= 0.6 is 0 Å². The van der Waals surface area contributed by atoms with Gasteiger partial charge in [-0.25, -0.2) is 0 Å². The summed E-state index contributed by atoms with van der Waals surface area (Å²) in [5.41, 5.74) is 12.3. The largest absolute Gasteiger partial charge is 0.0622 e. The van der Waals surface area contributed by atoms with Gasteiger partial charge in [-0.15, -0.1) is 0 Å². The second-order valence-corrected chi connectivity index (χ2v) is 13.7. The topological polar surface area (TPSA) is 0 Å². The zero-order valence-corrected chi connectivity index (χ0v) is 28.6. The smallest absolute Gasteiger partial charge is 0.00201 e. The first-order chi connectivity index (χ1) is 25.8. The van der Waals surface area contributed by atoms with Crippen LogP contribution in [0.25, 0.3) is 98.7 Å². The molecule has 0 fully saturated rings. The van der Waals surface area contributed by atoms with Gasteiger partial charge in [0.15, 0.2) is 0 Å². The van der Waals surface area contributed by atoms with E-state index in [1.165, 1.54) is 98.7 Å². The molecule has 10 rings (SSSR count). The molecule has 0 saturated heterocycles. The third-order valence-electron chi connectivity index (χ3n) is 10.6. The number of hydrogen-bond acceptors (Lipinski definition) is 0.